The maximum Gasteiger partial charge on any atom is 0.287 e. The van der Waals surface area contributed by atoms with Crippen LogP contribution >= 0.6 is 0 Å². The van der Waals surface area contributed by atoms with E-state index in [2.05, 4.69) is 25.9 Å². The average Bonchev–Trinajstić information content (AvgIpc) is 2.97. The van der Waals surface area contributed by atoms with Gasteiger partial charge in [0.05, 0.1) is 12.2 Å². The zero-order chi connectivity index (χ0) is 19.4. The Bertz CT molecular complexity index is 875. The van der Waals surface area contributed by atoms with Crippen molar-refractivity contribution in [3.8, 4) is 0 Å². The predicted octanol–water partition coefficient (Wildman–Crippen LogP) is -0.532. The topological polar surface area (TPSA) is 121 Å². The summed E-state index contributed by atoms with van der Waals surface area (Å²) >= 11 is 0. The number of aromatic nitrogens is 3. The van der Waals surface area contributed by atoms with Crippen molar-refractivity contribution in [2.75, 3.05) is 19.4 Å². The van der Waals surface area contributed by atoms with Gasteiger partial charge in [0.25, 0.3) is 5.91 Å². The molecule has 3 amide bonds. The van der Waals surface area contributed by atoms with Crippen LogP contribution in [-0.2, 0) is 35.8 Å². The molecule has 0 aromatic carbocycles. The number of amides is 3. The van der Waals surface area contributed by atoms with Crippen molar-refractivity contribution in [2.45, 2.75) is 26.2 Å². The molecule has 0 bridgehead atoms. The van der Waals surface area contributed by atoms with Crippen molar-refractivity contribution < 1.29 is 14.4 Å². The molecule has 0 atom stereocenters. The van der Waals surface area contributed by atoms with Gasteiger partial charge in [0.2, 0.25) is 18.1 Å². The van der Waals surface area contributed by atoms with Gasteiger partial charge in [0, 0.05) is 25.5 Å². The molecule has 0 saturated heterocycles. The molecule has 3 rings (SSSR count). The lowest BCUT2D eigenvalue weighted by molar-refractivity contribution is -0.122. The summed E-state index contributed by atoms with van der Waals surface area (Å²) in [6.07, 6.45) is 3.96. The van der Waals surface area contributed by atoms with Gasteiger partial charge >= 0.3 is 0 Å². The molecule has 3 N–H and O–H groups in total. The van der Waals surface area contributed by atoms with Gasteiger partial charge in [-0.05, 0) is 31.3 Å². The van der Waals surface area contributed by atoms with E-state index in [0.29, 0.717) is 12.1 Å². The Kier molecular flexibility index (Phi) is 5.46. The Hall–Kier alpha value is -3.27. The minimum atomic E-state index is -0.428. The summed E-state index contributed by atoms with van der Waals surface area (Å²) in [4.78, 5) is 45.5. The molecule has 10 heteroatoms. The lowest BCUT2D eigenvalue weighted by Gasteiger charge is -2.17. The quantitative estimate of drug-likeness (QED) is 0.563. The van der Waals surface area contributed by atoms with E-state index in [1.807, 2.05) is 25.1 Å². The van der Waals surface area contributed by atoms with E-state index in [1.54, 1.807) is 12.4 Å². The lowest BCUT2D eigenvalue weighted by atomic mass is 10.2. The van der Waals surface area contributed by atoms with Crippen LogP contribution in [0.4, 0.5) is 5.82 Å². The third-order valence-corrected chi connectivity index (χ3v) is 4.03. The Morgan fingerprint density at radius 3 is 2.89 bits per heavy atom. The van der Waals surface area contributed by atoms with Crippen LogP contribution in [0.25, 0.3) is 0 Å². The van der Waals surface area contributed by atoms with Crippen molar-refractivity contribution in [1.82, 2.24) is 30.1 Å². The van der Waals surface area contributed by atoms with E-state index < -0.39 is 5.91 Å². The van der Waals surface area contributed by atoms with Gasteiger partial charge in [-0.2, -0.15) is 0 Å². The van der Waals surface area contributed by atoms with E-state index in [-0.39, 0.29) is 37.2 Å². The van der Waals surface area contributed by atoms with Crippen LogP contribution in [-0.4, -0.2) is 51.8 Å². The standard InChI is InChI=1S/C17H21N7O3/c1-23(2)8-12-3-11(4-18-5-12)6-20-17(27)16-22-15(21-10-25)13-7-19-14(26)9-24(13)16/h3-5,10H,6-9H2,1-2H3,(H,19,26)(H,20,27)(H,21,25). The summed E-state index contributed by atoms with van der Waals surface area (Å²) in [5.41, 5.74) is 2.48. The molecule has 142 valence electrons. The van der Waals surface area contributed by atoms with Crippen LogP contribution in [0, 0.1) is 0 Å². The fourth-order valence-electron chi connectivity index (χ4n) is 2.91. The van der Waals surface area contributed by atoms with Crippen LogP contribution in [0.3, 0.4) is 0 Å². The van der Waals surface area contributed by atoms with Gasteiger partial charge < -0.3 is 25.4 Å². The Morgan fingerprint density at radius 2 is 2.15 bits per heavy atom. The summed E-state index contributed by atoms with van der Waals surface area (Å²) in [5.74, 6) is -0.290. The molecule has 3 heterocycles. The van der Waals surface area contributed by atoms with Crippen LogP contribution in [0.2, 0.25) is 0 Å². The number of pyridine rings is 1. The summed E-state index contributed by atoms with van der Waals surface area (Å²) in [6, 6.07) is 1.97. The molecule has 1 aliphatic heterocycles. The fraction of sp³-hybridized carbons (Fsp3) is 0.353. The fourth-order valence-corrected chi connectivity index (χ4v) is 2.91. The number of hydrogen-bond acceptors (Lipinski definition) is 6. The van der Waals surface area contributed by atoms with Crippen molar-refractivity contribution in [1.29, 1.82) is 0 Å². The van der Waals surface area contributed by atoms with Gasteiger partial charge in [0.15, 0.2) is 5.82 Å². The van der Waals surface area contributed by atoms with Crippen LogP contribution in [0.1, 0.15) is 27.4 Å². The number of fused-ring (bicyclic) bond motifs is 1. The number of nitrogens with one attached hydrogen (secondary N) is 3. The van der Waals surface area contributed by atoms with Crippen LogP contribution in [0.15, 0.2) is 18.5 Å². The first-order chi connectivity index (χ1) is 13.0. The van der Waals surface area contributed by atoms with Crippen molar-refractivity contribution in [3.05, 3.63) is 41.1 Å². The minimum Gasteiger partial charge on any atom is -0.349 e. The zero-order valence-electron chi connectivity index (χ0n) is 15.2. The highest BCUT2D eigenvalue weighted by atomic mass is 16.2. The number of carbonyl (C=O) groups is 3. The Labute approximate surface area is 156 Å². The Morgan fingerprint density at radius 1 is 1.37 bits per heavy atom. The number of hydrogen-bond donors (Lipinski definition) is 3. The van der Waals surface area contributed by atoms with E-state index >= 15 is 0 Å². The molecular weight excluding hydrogens is 350 g/mol. The summed E-state index contributed by atoms with van der Waals surface area (Å²) in [5, 5.41) is 7.93. The highest BCUT2D eigenvalue weighted by Crippen LogP contribution is 2.19. The minimum absolute atomic E-state index is 0.0223. The average molecular weight is 371 g/mol. The molecule has 0 aliphatic carbocycles. The van der Waals surface area contributed by atoms with Crippen LogP contribution in [0.5, 0.6) is 0 Å². The first-order valence-electron chi connectivity index (χ1n) is 8.40. The molecule has 0 unspecified atom stereocenters. The zero-order valence-corrected chi connectivity index (χ0v) is 15.2. The van der Waals surface area contributed by atoms with Crippen LogP contribution < -0.4 is 16.0 Å². The summed E-state index contributed by atoms with van der Waals surface area (Å²) in [7, 11) is 3.94. The maximum atomic E-state index is 12.6. The number of carbonyl (C=O) groups excluding carboxylic acids is 3. The monoisotopic (exact) mass is 371 g/mol. The summed E-state index contributed by atoms with van der Waals surface area (Å²) < 4.78 is 1.51. The normalized spacial score (nSPS) is 13.1. The first-order valence-corrected chi connectivity index (χ1v) is 8.40. The molecule has 2 aromatic rings. The molecule has 0 spiro atoms. The second-order valence-electron chi connectivity index (χ2n) is 6.48. The highest BCUT2D eigenvalue weighted by Gasteiger charge is 2.26. The number of nitrogens with zero attached hydrogens (tertiary/aromatic N) is 4. The van der Waals surface area contributed by atoms with Gasteiger partial charge in [-0.25, -0.2) is 4.98 Å². The Balaban J connectivity index is 1.75. The van der Waals surface area contributed by atoms with Gasteiger partial charge in [-0.1, -0.05) is 0 Å². The molecule has 0 saturated carbocycles. The first kappa shape index (κ1) is 18.5. The summed E-state index contributed by atoms with van der Waals surface area (Å²) in [6.45, 7) is 1.20. The maximum absolute atomic E-state index is 12.6. The number of rotatable bonds is 7. The van der Waals surface area contributed by atoms with Crippen molar-refractivity contribution >= 4 is 24.0 Å². The molecule has 27 heavy (non-hydrogen) atoms. The highest BCUT2D eigenvalue weighted by molar-refractivity contribution is 5.93. The molecule has 1 aliphatic rings. The van der Waals surface area contributed by atoms with Gasteiger partial charge in [-0.15, -0.1) is 0 Å². The molecular formula is C17H21N7O3. The molecule has 2 aromatic heterocycles. The molecule has 10 nitrogen and oxygen atoms in total. The second-order valence-corrected chi connectivity index (χ2v) is 6.48. The van der Waals surface area contributed by atoms with Gasteiger partial charge in [-0.3, -0.25) is 19.4 Å². The SMILES string of the molecule is CN(C)Cc1cncc(CNC(=O)c2nc(NC=O)c3n2CC(=O)NC3)c1. The third kappa shape index (κ3) is 4.29. The van der Waals surface area contributed by atoms with E-state index in [0.717, 1.165) is 17.7 Å². The van der Waals surface area contributed by atoms with Crippen molar-refractivity contribution in [3.63, 3.8) is 0 Å². The second kappa shape index (κ2) is 7.96. The molecule has 0 fully saturated rings. The van der Waals surface area contributed by atoms with Crippen molar-refractivity contribution in [2.24, 2.45) is 0 Å². The van der Waals surface area contributed by atoms with E-state index in [1.165, 1.54) is 4.57 Å². The molecule has 0 radical (unpaired) electrons. The largest absolute Gasteiger partial charge is 0.349 e. The third-order valence-electron chi connectivity index (χ3n) is 4.03. The number of anilines is 1. The predicted molar refractivity (Wildman–Crippen MR) is 96.6 cm³/mol. The smallest absolute Gasteiger partial charge is 0.287 e. The lowest BCUT2D eigenvalue weighted by Crippen LogP contribution is -2.36. The van der Waals surface area contributed by atoms with E-state index in [4.69, 9.17) is 0 Å². The van der Waals surface area contributed by atoms with Gasteiger partial charge in [0.1, 0.15) is 6.54 Å². The van der Waals surface area contributed by atoms with E-state index in [9.17, 15) is 14.4 Å². The number of imidazole rings is 1.